The summed E-state index contributed by atoms with van der Waals surface area (Å²) in [6.45, 7) is 1.26. The lowest BCUT2D eigenvalue weighted by Crippen LogP contribution is -2.39. The second-order valence-corrected chi connectivity index (χ2v) is 6.38. The van der Waals surface area contributed by atoms with E-state index in [0.29, 0.717) is 12.0 Å². The summed E-state index contributed by atoms with van der Waals surface area (Å²) in [5.41, 5.74) is 1.09. The van der Waals surface area contributed by atoms with E-state index in [1.165, 1.54) is 12.8 Å². The van der Waals surface area contributed by atoms with Crippen molar-refractivity contribution in [2.45, 2.75) is 38.3 Å². The molecule has 2 atom stereocenters. The highest BCUT2D eigenvalue weighted by Gasteiger charge is 2.24. The van der Waals surface area contributed by atoms with Crippen LogP contribution < -0.4 is 10.1 Å². The molecule has 1 saturated carbocycles. The Morgan fingerprint density at radius 1 is 1.38 bits per heavy atom. The van der Waals surface area contributed by atoms with Crippen LogP contribution in [0.4, 0.5) is 0 Å². The Morgan fingerprint density at radius 2 is 2.19 bits per heavy atom. The Kier molecular flexibility index (Phi) is 6.56. The van der Waals surface area contributed by atoms with E-state index in [9.17, 15) is 5.11 Å². The predicted molar refractivity (Wildman–Crippen MR) is 88.1 cm³/mol. The quantitative estimate of drug-likeness (QED) is 0.773. The number of nitrogens with one attached hydrogen (secondary N) is 1. The molecule has 2 unspecified atom stereocenters. The van der Waals surface area contributed by atoms with Gasteiger partial charge in [0.05, 0.1) is 0 Å². The Morgan fingerprint density at radius 3 is 2.95 bits per heavy atom. The molecule has 1 fully saturated rings. The zero-order chi connectivity index (χ0) is 15.1. The van der Waals surface area contributed by atoms with Crippen LogP contribution in [0, 0.1) is 18.3 Å². The van der Waals surface area contributed by atoms with Crippen molar-refractivity contribution in [2.24, 2.45) is 5.92 Å². The summed E-state index contributed by atoms with van der Waals surface area (Å²) in [7, 11) is 0. The van der Waals surface area contributed by atoms with Crippen molar-refractivity contribution in [2.75, 3.05) is 13.2 Å². The standard InChI is InChI=1S/C17H22BrNO2/c1-2-9-21-17-8-7-15(18)10-14(17)11-19-16-6-4-3-5-13(16)12-20/h1,7-8,10,13,16,19-20H,3-6,9,11-12H2. The zero-order valence-electron chi connectivity index (χ0n) is 12.1. The minimum atomic E-state index is 0.261. The van der Waals surface area contributed by atoms with E-state index in [1.807, 2.05) is 12.1 Å². The molecule has 3 nitrogen and oxygen atoms in total. The van der Waals surface area contributed by atoms with Gasteiger partial charge in [0.25, 0.3) is 0 Å². The molecule has 1 aromatic carbocycles. The molecule has 4 heteroatoms. The average molecular weight is 352 g/mol. The van der Waals surface area contributed by atoms with Crippen LogP contribution >= 0.6 is 15.9 Å². The second-order valence-electron chi connectivity index (χ2n) is 5.46. The molecule has 21 heavy (non-hydrogen) atoms. The molecule has 2 rings (SSSR count). The van der Waals surface area contributed by atoms with E-state index in [-0.39, 0.29) is 13.2 Å². The Balaban J connectivity index is 2.01. The van der Waals surface area contributed by atoms with E-state index in [2.05, 4.69) is 33.2 Å². The van der Waals surface area contributed by atoms with E-state index in [1.54, 1.807) is 0 Å². The fraction of sp³-hybridized carbons (Fsp3) is 0.529. The Labute approximate surface area is 135 Å². The molecule has 0 heterocycles. The molecule has 0 amide bonds. The van der Waals surface area contributed by atoms with Crippen molar-refractivity contribution in [3.8, 4) is 18.1 Å². The van der Waals surface area contributed by atoms with Crippen LogP contribution in [0.5, 0.6) is 5.75 Å². The van der Waals surface area contributed by atoms with Gasteiger partial charge in [0.15, 0.2) is 0 Å². The van der Waals surface area contributed by atoms with Crippen LogP contribution in [0.25, 0.3) is 0 Å². The molecular formula is C17H22BrNO2. The predicted octanol–water partition coefficient (Wildman–Crippen LogP) is 3.10. The van der Waals surface area contributed by atoms with Gasteiger partial charge >= 0.3 is 0 Å². The zero-order valence-corrected chi connectivity index (χ0v) is 13.7. The van der Waals surface area contributed by atoms with Gasteiger partial charge in [-0.2, -0.15) is 0 Å². The first kappa shape index (κ1) is 16.4. The van der Waals surface area contributed by atoms with Gasteiger partial charge in [0.2, 0.25) is 0 Å². The normalized spacial score (nSPS) is 21.8. The number of rotatable bonds is 6. The van der Waals surface area contributed by atoms with E-state index in [4.69, 9.17) is 11.2 Å². The third-order valence-electron chi connectivity index (χ3n) is 4.03. The SMILES string of the molecule is C#CCOc1ccc(Br)cc1CNC1CCCCC1CO. The molecule has 1 aliphatic rings. The summed E-state index contributed by atoms with van der Waals surface area (Å²) < 4.78 is 6.61. The first-order valence-electron chi connectivity index (χ1n) is 7.43. The summed E-state index contributed by atoms with van der Waals surface area (Å²) in [6, 6.07) is 6.31. The highest BCUT2D eigenvalue weighted by molar-refractivity contribution is 9.10. The Hall–Kier alpha value is -1.02. The van der Waals surface area contributed by atoms with E-state index >= 15 is 0 Å². The maximum atomic E-state index is 9.48. The first-order chi connectivity index (χ1) is 10.2. The molecule has 0 spiro atoms. The van der Waals surface area contributed by atoms with Crippen LogP contribution in [0.1, 0.15) is 31.2 Å². The van der Waals surface area contributed by atoms with Gasteiger partial charge in [-0.05, 0) is 37.0 Å². The van der Waals surface area contributed by atoms with Crippen molar-refractivity contribution in [1.82, 2.24) is 5.32 Å². The number of benzene rings is 1. The van der Waals surface area contributed by atoms with Gasteiger partial charge in [-0.1, -0.05) is 34.7 Å². The highest BCUT2D eigenvalue weighted by atomic mass is 79.9. The van der Waals surface area contributed by atoms with Crippen molar-refractivity contribution < 1.29 is 9.84 Å². The molecule has 1 aliphatic carbocycles. The number of aliphatic hydroxyl groups is 1. The number of hydrogen-bond donors (Lipinski definition) is 2. The van der Waals surface area contributed by atoms with E-state index in [0.717, 1.165) is 35.2 Å². The summed E-state index contributed by atoms with van der Waals surface area (Å²) in [5.74, 6) is 3.67. The number of aliphatic hydroxyl groups excluding tert-OH is 1. The summed E-state index contributed by atoms with van der Waals surface area (Å²) in [6.07, 6.45) is 9.93. The maximum Gasteiger partial charge on any atom is 0.148 e. The molecular weight excluding hydrogens is 330 g/mol. The summed E-state index contributed by atoms with van der Waals surface area (Å²) in [5, 5.41) is 13.0. The minimum absolute atomic E-state index is 0.261. The van der Waals surface area contributed by atoms with Gasteiger partial charge in [-0.25, -0.2) is 0 Å². The third kappa shape index (κ3) is 4.74. The maximum absolute atomic E-state index is 9.48. The van der Waals surface area contributed by atoms with Gasteiger partial charge in [-0.3, -0.25) is 0 Å². The topological polar surface area (TPSA) is 41.5 Å². The van der Waals surface area contributed by atoms with Crippen LogP contribution in [0.2, 0.25) is 0 Å². The highest BCUT2D eigenvalue weighted by Crippen LogP contribution is 2.26. The van der Waals surface area contributed by atoms with Crippen molar-refractivity contribution in [3.05, 3.63) is 28.2 Å². The molecule has 2 N–H and O–H groups in total. The lowest BCUT2D eigenvalue weighted by Gasteiger charge is -2.31. The lowest BCUT2D eigenvalue weighted by atomic mass is 9.85. The first-order valence-corrected chi connectivity index (χ1v) is 8.23. The molecule has 0 radical (unpaired) electrons. The number of halogens is 1. The van der Waals surface area contributed by atoms with Crippen LogP contribution in [-0.4, -0.2) is 24.4 Å². The average Bonchev–Trinajstić information content (AvgIpc) is 2.52. The van der Waals surface area contributed by atoms with Crippen LogP contribution in [-0.2, 0) is 6.54 Å². The molecule has 0 saturated heterocycles. The summed E-state index contributed by atoms with van der Waals surface area (Å²) >= 11 is 3.49. The molecule has 0 aromatic heterocycles. The van der Waals surface area contributed by atoms with Crippen LogP contribution in [0.15, 0.2) is 22.7 Å². The second kappa shape index (κ2) is 8.43. The Bertz CT molecular complexity index is 498. The third-order valence-corrected chi connectivity index (χ3v) is 4.53. The largest absolute Gasteiger partial charge is 0.481 e. The number of ether oxygens (including phenoxy) is 1. The molecule has 0 aliphatic heterocycles. The smallest absolute Gasteiger partial charge is 0.148 e. The fourth-order valence-electron chi connectivity index (χ4n) is 2.88. The molecule has 0 bridgehead atoms. The van der Waals surface area contributed by atoms with Crippen molar-refractivity contribution in [1.29, 1.82) is 0 Å². The summed E-state index contributed by atoms with van der Waals surface area (Å²) in [4.78, 5) is 0. The van der Waals surface area contributed by atoms with Crippen molar-refractivity contribution in [3.63, 3.8) is 0 Å². The molecule has 1 aromatic rings. The monoisotopic (exact) mass is 351 g/mol. The fourth-order valence-corrected chi connectivity index (χ4v) is 3.29. The molecule has 114 valence electrons. The number of hydrogen-bond acceptors (Lipinski definition) is 3. The van der Waals surface area contributed by atoms with Gasteiger partial charge in [0.1, 0.15) is 12.4 Å². The van der Waals surface area contributed by atoms with E-state index < -0.39 is 0 Å². The van der Waals surface area contributed by atoms with Gasteiger partial charge in [0, 0.05) is 29.2 Å². The van der Waals surface area contributed by atoms with Crippen molar-refractivity contribution >= 4 is 15.9 Å². The lowest BCUT2D eigenvalue weighted by molar-refractivity contribution is 0.152. The number of terminal acetylenes is 1. The minimum Gasteiger partial charge on any atom is -0.481 e. The van der Waals surface area contributed by atoms with Gasteiger partial charge < -0.3 is 15.2 Å². The van der Waals surface area contributed by atoms with Crippen LogP contribution in [0.3, 0.4) is 0 Å². The van der Waals surface area contributed by atoms with Gasteiger partial charge in [-0.15, -0.1) is 6.42 Å².